The minimum absolute atomic E-state index is 0.299. The number of likely N-dealkylation sites (tertiary alicyclic amines) is 1. The zero-order valence-electron chi connectivity index (χ0n) is 11.3. The fourth-order valence-electron chi connectivity index (χ4n) is 3.33. The van der Waals surface area contributed by atoms with E-state index in [2.05, 4.69) is 4.90 Å². The Morgan fingerprint density at radius 1 is 1.35 bits per heavy atom. The second kappa shape index (κ2) is 4.60. The van der Waals surface area contributed by atoms with Crippen LogP contribution in [-0.4, -0.2) is 35.5 Å². The normalized spacial score (nSPS) is 24.7. The summed E-state index contributed by atoms with van der Waals surface area (Å²) in [6.07, 6.45) is 2.36. The minimum Gasteiger partial charge on any atom is -0.467 e. The van der Waals surface area contributed by atoms with Crippen molar-refractivity contribution >= 4 is 11.6 Å². The molecule has 2 fully saturated rings. The predicted molar refractivity (Wildman–Crippen MR) is 74.7 cm³/mol. The van der Waals surface area contributed by atoms with E-state index in [0.717, 1.165) is 36.5 Å². The molecule has 1 saturated carbocycles. The van der Waals surface area contributed by atoms with Crippen molar-refractivity contribution in [3.05, 3.63) is 28.3 Å². The lowest BCUT2D eigenvalue weighted by atomic mass is 9.88. The smallest absolute Gasteiger partial charge is 0.189 e. The second-order valence-corrected chi connectivity index (χ2v) is 6.62. The lowest BCUT2D eigenvalue weighted by Crippen LogP contribution is -2.62. The molecule has 0 spiro atoms. The van der Waals surface area contributed by atoms with Crippen LogP contribution < -0.4 is 4.74 Å². The molecule has 0 aromatic heterocycles. The average molecular weight is 296 g/mol. The maximum absolute atomic E-state index is 10.4. The number of aliphatic hydroxyl groups is 1. The molecule has 108 valence electrons. The third-order valence-corrected chi connectivity index (χ3v) is 4.70. The zero-order chi connectivity index (χ0) is 13.7. The summed E-state index contributed by atoms with van der Waals surface area (Å²) in [5, 5.41) is 11.1. The van der Waals surface area contributed by atoms with Gasteiger partial charge in [0.2, 0.25) is 0 Å². The molecule has 4 rings (SSSR count). The maximum atomic E-state index is 10.4. The highest BCUT2D eigenvalue weighted by molar-refractivity contribution is 6.30. The molecule has 1 N–H and O–H groups in total. The topological polar surface area (TPSA) is 41.9 Å². The van der Waals surface area contributed by atoms with Gasteiger partial charge in [-0.1, -0.05) is 11.6 Å². The van der Waals surface area contributed by atoms with Crippen LogP contribution in [0.4, 0.5) is 0 Å². The van der Waals surface area contributed by atoms with Crippen molar-refractivity contribution in [3.63, 3.8) is 0 Å². The van der Waals surface area contributed by atoms with E-state index < -0.39 is 5.60 Å². The molecule has 0 atom stereocenters. The summed E-state index contributed by atoms with van der Waals surface area (Å²) in [6.45, 7) is 3.14. The Kier molecular flexibility index (Phi) is 2.96. The molecule has 3 aliphatic rings. The number of β-amino-alcohol motifs (C(OH)–C–C–N with tert-alkyl or cyclic N) is 1. The lowest BCUT2D eigenvalue weighted by molar-refractivity contribution is -0.117. The summed E-state index contributed by atoms with van der Waals surface area (Å²) >= 11 is 6.16. The number of ether oxygens (including phenoxy) is 2. The molecule has 0 unspecified atom stereocenters. The first-order valence-electron chi connectivity index (χ1n) is 7.11. The fraction of sp³-hybridized carbons (Fsp3) is 0.600. The number of hydrogen-bond acceptors (Lipinski definition) is 4. The molecule has 1 aliphatic carbocycles. The van der Waals surface area contributed by atoms with Crippen LogP contribution in [0, 0.1) is 5.92 Å². The van der Waals surface area contributed by atoms with Gasteiger partial charge in [-0.25, -0.2) is 0 Å². The molecule has 2 heterocycles. The lowest BCUT2D eigenvalue weighted by Gasteiger charge is -2.47. The Hall–Kier alpha value is -0.810. The van der Waals surface area contributed by atoms with Crippen molar-refractivity contribution in [2.24, 2.45) is 5.92 Å². The standard InChI is InChI=1S/C15H18ClNO3/c16-13-3-10(14-11(4-13)6-19-9-20-14)5-17-7-15(18,8-17)12-1-2-12/h3-4,12,18H,1-2,5-9H2. The summed E-state index contributed by atoms with van der Waals surface area (Å²) in [7, 11) is 0. The van der Waals surface area contributed by atoms with Gasteiger partial charge < -0.3 is 14.6 Å². The monoisotopic (exact) mass is 295 g/mol. The third-order valence-electron chi connectivity index (χ3n) is 4.48. The average Bonchev–Trinajstić information content (AvgIpc) is 3.21. The van der Waals surface area contributed by atoms with E-state index in [1.807, 2.05) is 12.1 Å². The summed E-state index contributed by atoms with van der Waals surface area (Å²) in [5.74, 6) is 1.43. The third kappa shape index (κ3) is 2.21. The largest absolute Gasteiger partial charge is 0.467 e. The Bertz CT molecular complexity index is 538. The maximum Gasteiger partial charge on any atom is 0.189 e. The van der Waals surface area contributed by atoms with Gasteiger partial charge >= 0.3 is 0 Å². The fourth-order valence-corrected chi connectivity index (χ4v) is 3.60. The quantitative estimate of drug-likeness (QED) is 0.928. The van der Waals surface area contributed by atoms with Crippen molar-refractivity contribution in [1.29, 1.82) is 0 Å². The van der Waals surface area contributed by atoms with E-state index in [1.54, 1.807) is 0 Å². The number of benzene rings is 1. The van der Waals surface area contributed by atoms with Gasteiger partial charge in [0.1, 0.15) is 5.75 Å². The second-order valence-electron chi connectivity index (χ2n) is 6.19. The van der Waals surface area contributed by atoms with Crippen molar-refractivity contribution in [2.75, 3.05) is 19.9 Å². The first-order valence-corrected chi connectivity index (χ1v) is 7.48. The van der Waals surface area contributed by atoms with E-state index >= 15 is 0 Å². The molecule has 20 heavy (non-hydrogen) atoms. The van der Waals surface area contributed by atoms with E-state index in [0.29, 0.717) is 24.3 Å². The van der Waals surface area contributed by atoms with Crippen LogP contribution in [0.5, 0.6) is 5.75 Å². The van der Waals surface area contributed by atoms with Gasteiger partial charge in [0.15, 0.2) is 6.79 Å². The Morgan fingerprint density at radius 2 is 2.15 bits per heavy atom. The highest BCUT2D eigenvalue weighted by Gasteiger charge is 2.51. The number of hydrogen-bond donors (Lipinski definition) is 1. The molecule has 0 bridgehead atoms. The Balaban J connectivity index is 1.50. The van der Waals surface area contributed by atoms with Gasteiger partial charge in [0.25, 0.3) is 0 Å². The zero-order valence-corrected chi connectivity index (χ0v) is 12.0. The molecule has 4 nitrogen and oxygen atoms in total. The summed E-state index contributed by atoms with van der Waals surface area (Å²) in [4.78, 5) is 2.25. The van der Waals surface area contributed by atoms with Crippen molar-refractivity contribution in [3.8, 4) is 5.75 Å². The summed E-state index contributed by atoms with van der Waals surface area (Å²) in [5.41, 5.74) is 1.66. The van der Waals surface area contributed by atoms with Crippen LogP contribution in [0.1, 0.15) is 24.0 Å². The van der Waals surface area contributed by atoms with Crippen LogP contribution >= 0.6 is 11.6 Å². The van der Waals surface area contributed by atoms with E-state index in [1.165, 1.54) is 12.8 Å². The van der Waals surface area contributed by atoms with E-state index in [9.17, 15) is 5.11 Å². The van der Waals surface area contributed by atoms with Crippen LogP contribution in [0.15, 0.2) is 12.1 Å². The summed E-state index contributed by atoms with van der Waals surface area (Å²) in [6, 6.07) is 3.86. The van der Waals surface area contributed by atoms with Gasteiger partial charge in [0, 0.05) is 35.8 Å². The first-order chi connectivity index (χ1) is 9.64. The molecule has 1 saturated heterocycles. The number of rotatable bonds is 3. The summed E-state index contributed by atoms with van der Waals surface area (Å²) < 4.78 is 10.9. The molecular formula is C15H18ClNO3. The van der Waals surface area contributed by atoms with Gasteiger partial charge in [-0.15, -0.1) is 0 Å². The van der Waals surface area contributed by atoms with Crippen LogP contribution in [0.3, 0.4) is 0 Å². The number of nitrogens with zero attached hydrogens (tertiary/aromatic N) is 1. The minimum atomic E-state index is -0.442. The molecule has 0 amide bonds. The van der Waals surface area contributed by atoms with Crippen molar-refractivity contribution < 1.29 is 14.6 Å². The SMILES string of the molecule is OC1(C2CC2)CN(Cc2cc(Cl)cc3c2OCOC3)C1. The van der Waals surface area contributed by atoms with Gasteiger partial charge in [-0.2, -0.15) is 0 Å². The van der Waals surface area contributed by atoms with Gasteiger partial charge in [-0.3, -0.25) is 4.90 Å². The van der Waals surface area contributed by atoms with Crippen LogP contribution in [-0.2, 0) is 17.9 Å². The Labute approximate surface area is 123 Å². The van der Waals surface area contributed by atoms with Gasteiger partial charge in [0.05, 0.1) is 12.2 Å². The van der Waals surface area contributed by atoms with Crippen LogP contribution in [0.2, 0.25) is 5.02 Å². The molecule has 2 aliphatic heterocycles. The van der Waals surface area contributed by atoms with Crippen molar-refractivity contribution in [2.45, 2.75) is 31.6 Å². The first kappa shape index (κ1) is 12.9. The van der Waals surface area contributed by atoms with E-state index in [-0.39, 0.29) is 0 Å². The molecule has 5 heteroatoms. The Morgan fingerprint density at radius 3 is 2.90 bits per heavy atom. The molecule has 1 aromatic carbocycles. The molecular weight excluding hydrogens is 278 g/mol. The van der Waals surface area contributed by atoms with Crippen LogP contribution in [0.25, 0.3) is 0 Å². The van der Waals surface area contributed by atoms with Crippen molar-refractivity contribution in [1.82, 2.24) is 4.90 Å². The number of fused-ring (bicyclic) bond motifs is 1. The highest BCUT2D eigenvalue weighted by Crippen LogP contribution is 2.45. The molecule has 1 aromatic rings. The predicted octanol–water partition coefficient (Wildman–Crippen LogP) is 2.16. The molecule has 0 radical (unpaired) electrons. The van der Waals surface area contributed by atoms with Gasteiger partial charge in [-0.05, 0) is 30.9 Å². The van der Waals surface area contributed by atoms with E-state index in [4.69, 9.17) is 21.1 Å². The highest BCUT2D eigenvalue weighted by atomic mass is 35.5. The number of halogens is 1.